The van der Waals surface area contributed by atoms with E-state index in [0.29, 0.717) is 35.1 Å². The van der Waals surface area contributed by atoms with Gasteiger partial charge in [-0.25, -0.2) is 0 Å². The Morgan fingerprint density at radius 2 is 1.90 bits per heavy atom. The van der Waals surface area contributed by atoms with Gasteiger partial charge in [0.05, 0.1) is 0 Å². The van der Waals surface area contributed by atoms with E-state index in [-0.39, 0.29) is 18.4 Å². The molecular formula is C22H26Cl2N4O2. The number of amides is 2. The number of hydrogen-bond donors (Lipinski definition) is 3. The quantitative estimate of drug-likeness (QED) is 0.631. The Balaban J connectivity index is 1.74. The monoisotopic (exact) mass is 448 g/mol. The van der Waals surface area contributed by atoms with Gasteiger partial charge >= 0.3 is 0 Å². The van der Waals surface area contributed by atoms with Gasteiger partial charge < -0.3 is 21.7 Å². The molecule has 0 aromatic heterocycles. The van der Waals surface area contributed by atoms with Crippen molar-refractivity contribution in [3.8, 4) is 0 Å². The summed E-state index contributed by atoms with van der Waals surface area (Å²) in [6.45, 7) is 2.88. The van der Waals surface area contributed by atoms with Crippen LogP contribution in [0.4, 0.5) is 0 Å². The molecule has 3 rings (SSSR count). The van der Waals surface area contributed by atoms with Crippen molar-refractivity contribution in [2.24, 2.45) is 11.5 Å². The number of halogens is 2. The van der Waals surface area contributed by atoms with Crippen molar-refractivity contribution >= 4 is 35.0 Å². The largest absolute Gasteiger partial charge is 0.350 e. The Kier molecular flexibility index (Phi) is 7.03. The van der Waals surface area contributed by atoms with Crippen molar-refractivity contribution in [1.29, 1.82) is 0 Å². The van der Waals surface area contributed by atoms with E-state index in [2.05, 4.69) is 5.32 Å². The highest BCUT2D eigenvalue weighted by Crippen LogP contribution is 2.32. The predicted molar refractivity (Wildman–Crippen MR) is 119 cm³/mol. The van der Waals surface area contributed by atoms with Crippen LogP contribution in [-0.4, -0.2) is 28.8 Å². The maximum absolute atomic E-state index is 13.1. The van der Waals surface area contributed by atoms with Crippen molar-refractivity contribution in [1.82, 2.24) is 10.2 Å². The molecule has 6 nitrogen and oxygen atoms in total. The molecule has 160 valence electrons. The molecule has 1 heterocycles. The Morgan fingerprint density at radius 1 is 1.17 bits per heavy atom. The van der Waals surface area contributed by atoms with Gasteiger partial charge in [0, 0.05) is 29.7 Å². The van der Waals surface area contributed by atoms with E-state index in [1.807, 2.05) is 6.07 Å². The molecule has 0 radical (unpaired) electrons. The summed E-state index contributed by atoms with van der Waals surface area (Å²) in [6, 6.07) is 11.4. The average molecular weight is 449 g/mol. The number of hydrogen-bond acceptors (Lipinski definition) is 4. The van der Waals surface area contributed by atoms with Crippen molar-refractivity contribution < 1.29 is 9.59 Å². The van der Waals surface area contributed by atoms with Crippen LogP contribution in [-0.2, 0) is 22.7 Å². The first-order valence-electron chi connectivity index (χ1n) is 9.84. The lowest BCUT2D eigenvalue weighted by Crippen LogP contribution is -2.57. The smallest absolute Gasteiger partial charge is 0.245 e. The second-order valence-corrected chi connectivity index (χ2v) is 8.57. The van der Waals surface area contributed by atoms with Crippen molar-refractivity contribution in [3.05, 3.63) is 69.2 Å². The summed E-state index contributed by atoms with van der Waals surface area (Å²) in [5.74, 6) is -0.521. The molecule has 1 fully saturated rings. The maximum atomic E-state index is 13.1. The molecule has 30 heavy (non-hydrogen) atoms. The van der Waals surface area contributed by atoms with Crippen LogP contribution in [0, 0.1) is 0 Å². The molecule has 0 saturated carbocycles. The number of carbonyl (C=O) groups is 2. The minimum atomic E-state index is -0.977. The van der Waals surface area contributed by atoms with Gasteiger partial charge in [0.15, 0.2) is 0 Å². The second-order valence-electron chi connectivity index (χ2n) is 7.70. The first-order valence-corrected chi connectivity index (χ1v) is 10.6. The zero-order chi connectivity index (χ0) is 21.9. The minimum Gasteiger partial charge on any atom is -0.350 e. The topological polar surface area (TPSA) is 101 Å². The van der Waals surface area contributed by atoms with Crippen LogP contribution in [0.5, 0.6) is 0 Å². The summed E-state index contributed by atoms with van der Waals surface area (Å²) in [5, 5.41) is 4.03. The van der Waals surface area contributed by atoms with Crippen LogP contribution in [0.25, 0.3) is 0 Å². The molecule has 2 atom stereocenters. The van der Waals surface area contributed by atoms with E-state index in [4.69, 9.17) is 34.7 Å². The van der Waals surface area contributed by atoms with Gasteiger partial charge in [-0.1, -0.05) is 41.4 Å². The molecule has 1 aliphatic heterocycles. The highest BCUT2D eigenvalue weighted by molar-refractivity contribution is 6.31. The number of rotatable bonds is 6. The fourth-order valence-electron chi connectivity index (χ4n) is 3.89. The summed E-state index contributed by atoms with van der Waals surface area (Å²) >= 11 is 12.1. The third-order valence-corrected chi connectivity index (χ3v) is 6.17. The molecule has 2 unspecified atom stereocenters. The number of nitrogens with zero attached hydrogens (tertiary/aromatic N) is 1. The van der Waals surface area contributed by atoms with Crippen LogP contribution in [0.3, 0.4) is 0 Å². The first kappa shape index (κ1) is 22.6. The first-order chi connectivity index (χ1) is 14.3. The zero-order valence-corrected chi connectivity index (χ0v) is 18.3. The molecule has 1 aliphatic rings. The van der Waals surface area contributed by atoms with E-state index in [0.717, 1.165) is 17.5 Å². The molecule has 2 aromatic rings. The molecule has 2 aromatic carbocycles. The van der Waals surface area contributed by atoms with Gasteiger partial charge in [0.2, 0.25) is 11.8 Å². The Labute approximate surface area is 186 Å². The third kappa shape index (κ3) is 4.62. The molecule has 5 N–H and O–H groups in total. The van der Waals surface area contributed by atoms with E-state index in [1.54, 1.807) is 48.2 Å². The fourth-order valence-corrected chi connectivity index (χ4v) is 4.28. The van der Waals surface area contributed by atoms with Crippen molar-refractivity contribution in [3.63, 3.8) is 0 Å². The summed E-state index contributed by atoms with van der Waals surface area (Å²) in [5.41, 5.74) is 13.4. The van der Waals surface area contributed by atoms with Gasteiger partial charge in [-0.2, -0.15) is 0 Å². The Hall–Kier alpha value is -2.12. The summed E-state index contributed by atoms with van der Waals surface area (Å²) < 4.78 is 0. The van der Waals surface area contributed by atoms with E-state index in [1.165, 1.54) is 0 Å². The lowest BCUT2D eigenvalue weighted by atomic mass is 9.95. The number of nitrogens with one attached hydrogen (secondary N) is 1. The summed E-state index contributed by atoms with van der Waals surface area (Å²) in [4.78, 5) is 27.8. The van der Waals surface area contributed by atoms with Crippen LogP contribution in [0.15, 0.2) is 42.5 Å². The zero-order valence-electron chi connectivity index (χ0n) is 16.8. The number of carbonyl (C=O) groups excluding carboxylic acids is 2. The van der Waals surface area contributed by atoms with Crippen molar-refractivity contribution in [2.45, 2.75) is 44.4 Å². The molecule has 0 bridgehead atoms. The van der Waals surface area contributed by atoms with Crippen LogP contribution < -0.4 is 16.8 Å². The van der Waals surface area contributed by atoms with Crippen molar-refractivity contribution in [2.75, 3.05) is 6.54 Å². The maximum Gasteiger partial charge on any atom is 0.245 e. The van der Waals surface area contributed by atoms with Gasteiger partial charge in [-0.05, 0) is 60.7 Å². The normalized spacial score (nSPS) is 19.6. The fraction of sp³-hybridized carbons (Fsp3) is 0.364. The second kappa shape index (κ2) is 9.35. The molecule has 1 saturated heterocycles. The number of benzene rings is 2. The number of likely N-dealkylation sites (tertiary alicyclic amines) is 1. The highest BCUT2D eigenvalue weighted by Gasteiger charge is 2.46. The lowest BCUT2D eigenvalue weighted by Gasteiger charge is -2.35. The average Bonchev–Trinajstić information content (AvgIpc) is 3.13. The Bertz CT molecular complexity index is 952. The van der Waals surface area contributed by atoms with Crippen LogP contribution >= 0.6 is 23.2 Å². The molecule has 0 aliphatic carbocycles. The minimum absolute atomic E-state index is 0.227. The number of nitrogens with two attached hydrogens (primary N) is 2. The standard InChI is InChI=1S/C22H26Cl2N4O2/c1-22(21(30)27-13-16-11-18(24)7-6-15(16)12-25)8-3-9-28(22)20(29)19(26)14-4-2-5-17(23)10-14/h2,4-7,10-11,19H,3,8-9,12-13,25-26H2,1H3,(H,27,30). The molecule has 0 spiro atoms. The van der Waals surface area contributed by atoms with E-state index < -0.39 is 11.6 Å². The van der Waals surface area contributed by atoms with E-state index >= 15 is 0 Å². The highest BCUT2D eigenvalue weighted by atomic mass is 35.5. The predicted octanol–water partition coefficient (Wildman–Crippen LogP) is 3.15. The Morgan fingerprint density at radius 3 is 2.60 bits per heavy atom. The molecule has 2 amide bonds. The summed E-state index contributed by atoms with van der Waals surface area (Å²) in [7, 11) is 0. The van der Waals surface area contributed by atoms with E-state index in [9.17, 15) is 9.59 Å². The molecular weight excluding hydrogens is 423 g/mol. The van der Waals surface area contributed by atoms with Gasteiger partial charge in [-0.15, -0.1) is 0 Å². The van der Waals surface area contributed by atoms with Crippen LogP contribution in [0.2, 0.25) is 10.0 Å². The summed E-state index contributed by atoms with van der Waals surface area (Å²) in [6.07, 6.45) is 1.29. The van der Waals surface area contributed by atoms with Gasteiger partial charge in [0.1, 0.15) is 11.6 Å². The SMILES string of the molecule is CC1(C(=O)NCc2cc(Cl)ccc2CN)CCCN1C(=O)C(N)c1cccc(Cl)c1. The lowest BCUT2D eigenvalue weighted by molar-refractivity contribution is -0.145. The molecule has 8 heteroatoms. The van der Waals surface area contributed by atoms with Gasteiger partial charge in [-0.3, -0.25) is 9.59 Å². The van der Waals surface area contributed by atoms with Crippen LogP contribution in [0.1, 0.15) is 42.5 Å². The third-order valence-electron chi connectivity index (χ3n) is 5.70. The van der Waals surface area contributed by atoms with Gasteiger partial charge in [0.25, 0.3) is 0 Å².